The van der Waals surface area contributed by atoms with E-state index in [2.05, 4.69) is 38.7 Å². The highest BCUT2D eigenvalue weighted by atomic mass is 79.9. The molecule has 1 fully saturated rings. The van der Waals surface area contributed by atoms with Crippen molar-refractivity contribution in [2.45, 2.75) is 19.3 Å². The van der Waals surface area contributed by atoms with E-state index in [4.69, 9.17) is 0 Å². The number of carbonyl (C=O) groups is 2. The highest BCUT2D eigenvalue weighted by Crippen LogP contribution is 2.47. The summed E-state index contributed by atoms with van der Waals surface area (Å²) in [6, 6.07) is 8.11. The van der Waals surface area contributed by atoms with Gasteiger partial charge in [-0.05, 0) is 30.0 Å². The lowest BCUT2D eigenvalue weighted by atomic mass is 10.1. The number of rotatable bonds is 5. The highest BCUT2D eigenvalue weighted by molar-refractivity contribution is 9.10. The van der Waals surface area contributed by atoms with Gasteiger partial charge in [-0.3, -0.25) is 9.59 Å². The average Bonchev–Trinajstić information content (AvgIpc) is 3.15. The number of halogens is 1. The van der Waals surface area contributed by atoms with Crippen LogP contribution in [-0.2, 0) is 9.59 Å². The van der Waals surface area contributed by atoms with Gasteiger partial charge in [0.25, 0.3) is 0 Å². The maximum Gasteiger partial charge on any atom is 0.223 e. The molecule has 0 saturated heterocycles. The summed E-state index contributed by atoms with van der Waals surface area (Å²) in [6.07, 6.45) is 0.910. The molecule has 0 aromatic heterocycles. The standard InChI is InChI=1S/C14H17BrN2O2/c1-9(18)16-6-7-17-14(19)13-8-12(13)10-2-4-11(15)5-3-10/h2-5,12-13H,6-8H2,1H3,(H,16,18)(H,17,19). The lowest BCUT2D eigenvalue weighted by Crippen LogP contribution is -2.34. The number of amides is 2. The summed E-state index contributed by atoms with van der Waals surface area (Å²) in [5.41, 5.74) is 1.21. The first-order valence-electron chi connectivity index (χ1n) is 6.35. The second kappa shape index (κ2) is 6.19. The average molecular weight is 325 g/mol. The van der Waals surface area contributed by atoms with Crippen LogP contribution in [-0.4, -0.2) is 24.9 Å². The number of hydrogen-bond acceptors (Lipinski definition) is 2. The molecule has 102 valence electrons. The zero-order valence-electron chi connectivity index (χ0n) is 10.8. The normalized spacial score (nSPS) is 20.7. The molecule has 2 amide bonds. The van der Waals surface area contributed by atoms with E-state index in [1.165, 1.54) is 12.5 Å². The third-order valence-electron chi connectivity index (χ3n) is 3.22. The molecule has 2 atom stereocenters. The van der Waals surface area contributed by atoms with Crippen LogP contribution in [0.1, 0.15) is 24.8 Å². The minimum absolute atomic E-state index is 0.0755. The Morgan fingerprint density at radius 1 is 1.21 bits per heavy atom. The molecule has 1 aromatic rings. The van der Waals surface area contributed by atoms with E-state index in [0.717, 1.165) is 10.9 Å². The number of benzene rings is 1. The van der Waals surface area contributed by atoms with Gasteiger partial charge in [0.2, 0.25) is 11.8 Å². The molecule has 0 aliphatic heterocycles. The third kappa shape index (κ3) is 4.06. The Labute approximate surface area is 121 Å². The van der Waals surface area contributed by atoms with Crippen LogP contribution in [0.15, 0.2) is 28.7 Å². The van der Waals surface area contributed by atoms with Crippen molar-refractivity contribution in [1.29, 1.82) is 0 Å². The molecule has 1 saturated carbocycles. The summed E-state index contributed by atoms with van der Waals surface area (Å²) in [4.78, 5) is 22.5. The molecular weight excluding hydrogens is 308 g/mol. The van der Waals surface area contributed by atoms with Crippen molar-refractivity contribution in [2.24, 2.45) is 5.92 Å². The van der Waals surface area contributed by atoms with E-state index in [9.17, 15) is 9.59 Å². The van der Waals surface area contributed by atoms with E-state index in [1.807, 2.05) is 12.1 Å². The number of nitrogens with one attached hydrogen (secondary N) is 2. The Kier molecular flexibility index (Phi) is 4.58. The predicted molar refractivity (Wildman–Crippen MR) is 76.7 cm³/mol. The van der Waals surface area contributed by atoms with Gasteiger partial charge in [0, 0.05) is 30.4 Å². The van der Waals surface area contributed by atoms with Gasteiger partial charge in [0.05, 0.1) is 0 Å². The lowest BCUT2D eigenvalue weighted by Gasteiger charge is -2.05. The summed E-state index contributed by atoms with van der Waals surface area (Å²) < 4.78 is 1.05. The predicted octanol–water partition coefficient (Wildman–Crippen LogP) is 1.80. The van der Waals surface area contributed by atoms with Gasteiger partial charge in [-0.1, -0.05) is 28.1 Å². The molecule has 0 bridgehead atoms. The van der Waals surface area contributed by atoms with Crippen LogP contribution in [0.25, 0.3) is 0 Å². The van der Waals surface area contributed by atoms with E-state index in [0.29, 0.717) is 19.0 Å². The van der Waals surface area contributed by atoms with Crippen LogP contribution >= 0.6 is 15.9 Å². The molecule has 2 rings (SSSR count). The first-order chi connectivity index (χ1) is 9.08. The Morgan fingerprint density at radius 3 is 2.47 bits per heavy atom. The Hall–Kier alpha value is -1.36. The fourth-order valence-corrected chi connectivity index (χ4v) is 2.38. The topological polar surface area (TPSA) is 58.2 Å². The molecule has 0 heterocycles. The zero-order chi connectivity index (χ0) is 13.8. The summed E-state index contributed by atoms with van der Waals surface area (Å²) >= 11 is 3.40. The van der Waals surface area contributed by atoms with Gasteiger partial charge >= 0.3 is 0 Å². The number of hydrogen-bond donors (Lipinski definition) is 2. The Morgan fingerprint density at radius 2 is 1.84 bits per heavy atom. The molecule has 5 heteroatoms. The van der Waals surface area contributed by atoms with Gasteiger partial charge < -0.3 is 10.6 Å². The van der Waals surface area contributed by atoms with Gasteiger partial charge in [0.1, 0.15) is 0 Å². The first-order valence-corrected chi connectivity index (χ1v) is 7.15. The third-order valence-corrected chi connectivity index (χ3v) is 3.75. The van der Waals surface area contributed by atoms with Crippen molar-refractivity contribution < 1.29 is 9.59 Å². The molecule has 2 unspecified atom stereocenters. The minimum Gasteiger partial charge on any atom is -0.355 e. The largest absolute Gasteiger partial charge is 0.355 e. The fraction of sp³-hybridized carbons (Fsp3) is 0.429. The molecular formula is C14H17BrN2O2. The molecule has 2 N–H and O–H groups in total. The van der Waals surface area contributed by atoms with Crippen LogP contribution in [0.5, 0.6) is 0 Å². The van der Waals surface area contributed by atoms with Gasteiger partial charge in [-0.15, -0.1) is 0 Å². The minimum atomic E-state index is -0.0755. The monoisotopic (exact) mass is 324 g/mol. The zero-order valence-corrected chi connectivity index (χ0v) is 12.4. The maximum absolute atomic E-state index is 11.9. The van der Waals surface area contributed by atoms with Gasteiger partial charge in [-0.25, -0.2) is 0 Å². The van der Waals surface area contributed by atoms with Crippen molar-refractivity contribution >= 4 is 27.7 Å². The van der Waals surface area contributed by atoms with Crippen molar-refractivity contribution in [3.63, 3.8) is 0 Å². The first kappa shape index (κ1) is 14.1. The van der Waals surface area contributed by atoms with Crippen LogP contribution < -0.4 is 10.6 Å². The highest BCUT2D eigenvalue weighted by Gasteiger charge is 2.43. The molecule has 1 aromatic carbocycles. The molecule has 1 aliphatic carbocycles. The van der Waals surface area contributed by atoms with E-state index >= 15 is 0 Å². The maximum atomic E-state index is 11.9. The smallest absolute Gasteiger partial charge is 0.223 e. The van der Waals surface area contributed by atoms with E-state index < -0.39 is 0 Å². The summed E-state index contributed by atoms with van der Waals surface area (Å²) in [7, 11) is 0. The van der Waals surface area contributed by atoms with Crippen LogP contribution in [0, 0.1) is 5.92 Å². The molecule has 1 aliphatic rings. The second-order valence-corrected chi connectivity index (χ2v) is 5.69. The van der Waals surface area contributed by atoms with E-state index in [1.54, 1.807) is 0 Å². The Bertz CT molecular complexity index is 473. The van der Waals surface area contributed by atoms with Crippen molar-refractivity contribution in [1.82, 2.24) is 10.6 Å². The van der Waals surface area contributed by atoms with Crippen molar-refractivity contribution in [3.05, 3.63) is 34.3 Å². The summed E-state index contributed by atoms with van der Waals surface area (Å²) in [5, 5.41) is 5.50. The van der Waals surface area contributed by atoms with Crippen molar-refractivity contribution in [3.8, 4) is 0 Å². The summed E-state index contributed by atoms with van der Waals surface area (Å²) in [5.74, 6) is 0.430. The lowest BCUT2D eigenvalue weighted by molar-refractivity contribution is -0.123. The quantitative estimate of drug-likeness (QED) is 0.811. The van der Waals surface area contributed by atoms with Gasteiger partial charge in [-0.2, -0.15) is 0 Å². The molecule has 0 radical (unpaired) electrons. The molecule has 19 heavy (non-hydrogen) atoms. The second-order valence-electron chi connectivity index (χ2n) is 4.77. The van der Waals surface area contributed by atoms with Crippen molar-refractivity contribution in [2.75, 3.05) is 13.1 Å². The number of carbonyl (C=O) groups excluding carboxylic acids is 2. The van der Waals surface area contributed by atoms with Crippen LogP contribution in [0.2, 0.25) is 0 Å². The SMILES string of the molecule is CC(=O)NCCNC(=O)C1CC1c1ccc(Br)cc1. The summed E-state index contributed by atoms with van der Waals surface area (Å²) in [6.45, 7) is 2.44. The molecule has 0 spiro atoms. The van der Waals surface area contributed by atoms with E-state index in [-0.39, 0.29) is 17.7 Å². The molecule has 4 nitrogen and oxygen atoms in total. The van der Waals surface area contributed by atoms with Crippen LogP contribution in [0.3, 0.4) is 0 Å². The fourth-order valence-electron chi connectivity index (χ4n) is 2.12. The van der Waals surface area contributed by atoms with Gasteiger partial charge in [0.15, 0.2) is 0 Å². The van der Waals surface area contributed by atoms with Crippen LogP contribution in [0.4, 0.5) is 0 Å². The Balaban J connectivity index is 1.74.